The van der Waals surface area contributed by atoms with Crippen molar-refractivity contribution in [2.75, 3.05) is 32.7 Å². The first-order valence-electron chi connectivity index (χ1n) is 6.69. The molecule has 0 rings (SSSR count). The van der Waals surface area contributed by atoms with Gasteiger partial charge in [0.15, 0.2) is 0 Å². The lowest BCUT2D eigenvalue weighted by Crippen LogP contribution is -3.00. The number of hydrogen-bond acceptors (Lipinski definition) is 1. The van der Waals surface area contributed by atoms with Gasteiger partial charge >= 0.3 is 0 Å². The standard InChI is InChI=1S/C14H28N2O.BrH/c1-7-16(8-2,9-3)11-13(6)10-15-14(17)12(4)5;/h13H,4,7-11H2,1-3,5-6H3;1H. The van der Waals surface area contributed by atoms with Gasteiger partial charge in [0, 0.05) is 18.0 Å². The Kier molecular flexibility index (Phi) is 10.6. The quantitative estimate of drug-likeness (QED) is 0.460. The van der Waals surface area contributed by atoms with Crippen molar-refractivity contribution < 1.29 is 26.3 Å². The van der Waals surface area contributed by atoms with Gasteiger partial charge < -0.3 is 26.8 Å². The highest BCUT2D eigenvalue weighted by molar-refractivity contribution is 5.92. The van der Waals surface area contributed by atoms with Crippen molar-refractivity contribution in [3.8, 4) is 0 Å². The second-order valence-electron chi connectivity index (χ2n) is 5.07. The van der Waals surface area contributed by atoms with Crippen LogP contribution >= 0.6 is 0 Å². The molecule has 1 unspecified atom stereocenters. The molecule has 1 atom stereocenters. The molecular formula is C14H29BrN2O. The molecule has 0 fully saturated rings. The Morgan fingerprint density at radius 1 is 1.22 bits per heavy atom. The predicted molar refractivity (Wildman–Crippen MR) is 73.7 cm³/mol. The van der Waals surface area contributed by atoms with Gasteiger partial charge in [0.2, 0.25) is 5.91 Å². The molecule has 108 valence electrons. The third-order valence-corrected chi connectivity index (χ3v) is 3.71. The average molecular weight is 321 g/mol. The number of amides is 1. The molecule has 0 aliphatic heterocycles. The molecule has 0 aromatic rings. The topological polar surface area (TPSA) is 29.1 Å². The molecule has 1 amide bonds. The first-order chi connectivity index (χ1) is 7.90. The molecule has 3 nitrogen and oxygen atoms in total. The maximum Gasteiger partial charge on any atom is 0.246 e. The van der Waals surface area contributed by atoms with E-state index >= 15 is 0 Å². The Balaban J connectivity index is 0. The minimum absolute atomic E-state index is 0. The predicted octanol–water partition coefficient (Wildman–Crippen LogP) is -0.805. The van der Waals surface area contributed by atoms with Gasteiger partial charge in [-0.05, 0) is 27.7 Å². The van der Waals surface area contributed by atoms with Gasteiger partial charge in [-0.25, -0.2) is 0 Å². The summed E-state index contributed by atoms with van der Waals surface area (Å²) in [6.45, 7) is 19.7. The Bertz CT molecular complexity index is 254. The first-order valence-corrected chi connectivity index (χ1v) is 6.69. The highest BCUT2D eigenvalue weighted by atomic mass is 79.9. The van der Waals surface area contributed by atoms with Crippen molar-refractivity contribution in [1.29, 1.82) is 0 Å². The smallest absolute Gasteiger partial charge is 0.246 e. The molecular weight excluding hydrogens is 292 g/mol. The fourth-order valence-electron chi connectivity index (χ4n) is 2.20. The average Bonchev–Trinajstić information content (AvgIpc) is 2.33. The number of nitrogens with one attached hydrogen (secondary N) is 1. The molecule has 0 aliphatic rings. The zero-order chi connectivity index (χ0) is 13.5. The molecule has 0 bridgehead atoms. The molecule has 0 aliphatic carbocycles. The summed E-state index contributed by atoms with van der Waals surface area (Å²) in [5, 5.41) is 2.93. The highest BCUT2D eigenvalue weighted by Gasteiger charge is 2.23. The van der Waals surface area contributed by atoms with Crippen molar-refractivity contribution in [3.63, 3.8) is 0 Å². The summed E-state index contributed by atoms with van der Waals surface area (Å²) < 4.78 is 1.13. The van der Waals surface area contributed by atoms with Crippen LogP contribution in [0.4, 0.5) is 0 Å². The van der Waals surface area contributed by atoms with Crippen molar-refractivity contribution in [1.82, 2.24) is 5.32 Å². The zero-order valence-electron chi connectivity index (χ0n) is 12.6. The molecule has 0 spiro atoms. The van der Waals surface area contributed by atoms with Crippen LogP contribution in [0.15, 0.2) is 12.2 Å². The van der Waals surface area contributed by atoms with Crippen molar-refractivity contribution in [2.45, 2.75) is 34.6 Å². The van der Waals surface area contributed by atoms with Crippen LogP contribution in [0.3, 0.4) is 0 Å². The Morgan fingerprint density at radius 3 is 2.00 bits per heavy atom. The van der Waals surface area contributed by atoms with Gasteiger partial charge in [-0.3, -0.25) is 4.79 Å². The van der Waals surface area contributed by atoms with Crippen LogP contribution in [0, 0.1) is 5.92 Å². The molecule has 0 aromatic heterocycles. The maximum absolute atomic E-state index is 11.4. The zero-order valence-corrected chi connectivity index (χ0v) is 14.1. The summed E-state index contributed by atoms with van der Waals surface area (Å²) in [6, 6.07) is 0. The summed E-state index contributed by atoms with van der Waals surface area (Å²) in [5.74, 6) is 0.470. The third-order valence-electron chi connectivity index (χ3n) is 3.71. The minimum atomic E-state index is -0.0283. The van der Waals surface area contributed by atoms with Crippen LogP contribution in [0.1, 0.15) is 34.6 Å². The summed E-state index contributed by atoms with van der Waals surface area (Å²) in [5.41, 5.74) is 0.583. The number of rotatable bonds is 8. The first kappa shape index (κ1) is 20.0. The second-order valence-corrected chi connectivity index (χ2v) is 5.07. The molecule has 18 heavy (non-hydrogen) atoms. The number of quaternary nitrogens is 1. The van der Waals surface area contributed by atoms with Crippen molar-refractivity contribution in [2.24, 2.45) is 5.92 Å². The Hall–Kier alpha value is -0.350. The SMILES string of the molecule is C=C(C)C(=O)NCC(C)C[N+](CC)(CC)CC.[Br-]. The lowest BCUT2D eigenvalue weighted by molar-refractivity contribution is -0.926. The van der Waals surface area contributed by atoms with E-state index in [-0.39, 0.29) is 22.9 Å². The molecule has 0 heterocycles. The number of nitrogens with zero attached hydrogens (tertiary/aromatic N) is 1. The summed E-state index contributed by atoms with van der Waals surface area (Å²) in [4.78, 5) is 11.4. The number of carbonyl (C=O) groups excluding carboxylic acids is 1. The molecule has 0 aromatic carbocycles. The fourth-order valence-corrected chi connectivity index (χ4v) is 2.20. The molecule has 4 heteroatoms. The van der Waals surface area contributed by atoms with Crippen LogP contribution in [0.2, 0.25) is 0 Å². The van der Waals surface area contributed by atoms with E-state index in [4.69, 9.17) is 0 Å². The number of hydrogen-bond donors (Lipinski definition) is 1. The van der Waals surface area contributed by atoms with Crippen LogP contribution < -0.4 is 22.3 Å². The van der Waals surface area contributed by atoms with Crippen LogP contribution in [-0.4, -0.2) is 43.1 Å². The Morgan fingerprint density at radius 2 is 1.67 bits per heavy atom. The normalized spacial score (nSPS) is 12.5. The van der Waals surface area contributed by atoms with Crippen LogP contribution in [0.5, 0.6) is 0 Å². The van der Waals surface area contributed by atoms with Gasteiger partial charge in [0.25, 0.3) is 0 Å². The van der Waals surface area contributed by atoms with Gasteiger partial charge in [0.05, 0.1) is 26.2 Å². The minimum Gasteiger partial charge on any atom is -1.00 e. The van der Waals surface area contributed by atoms with Crippen molar-refractivity contribution in [3.05, 3.63) is 12.2 Å². The van der Waals surface area contributed by atoms with Crippen LogP contribution in [0.25, 0.3) is 0 Å². The fraction of sp³-hybridized carbons (Fsp3) is 0.786. The van der Waals surface area contributed by atoms with E-state index in [0.29, 0.717) is 11.5 Å². The van der Waals surface area contributed by atoms with E-state index in [1.807, 2.05) is 0 Å². The van der Waals surface area contributed by atoms with Gasteiger partial charge in [0.1, 0.15) is 0 Å². The van der Waals surface area contributed by atoms with E-state index < -0.39 is 0 Å². The largest absolute Gasteiger partial charge is 1.00 e. The third kappa shape index (κ3) is 6.55. The highest BCUT2D eigenvalue weighted by Crippen LogP contribution is 2.10. The molecule has 1 N–H and O–H groups in total. The molecule has 0 radical (unpaired) electrons. The number of halogens is 1. The van der Waals surface area contributed by atoms with E-state index in [1.165, 1.54) is 0 Å². The number of carbonyl (C=O) groups is 1. The van der Waals surface area contributed by atoms with E-state index in [0.717, 1.165) is 37.2 Å². The Labute approximate surface area is 123 Å². The maximum atomic E-state index is 11.4. The van der Waals surface area contributed by atoms with Gasteiger partial charge in [-0.2, -0.15) is 0 Å². The van der Waals surface area contributed by atoms with E-state index in [9.17, 15) is 4.79 Å². The van der Waals surface area contributed by atoms with E-state index in [2.05, 4.69) is 39.6 Å². The summed E-state index contributed by atoms with van der Waals surface area (Å²) in [6.07, 6.45) is 0. The summed E-state index contributed by atoms with van der Waals surface area (Å²) >= 11 is 0. The van der Waals surface area contributed by atoms with Crippen molar-refractivity contribution >= 4 is 5.91 Å². The molecule has 0 saturated heterocycles. The summed E-state index contributed by atoms with van der Waals surface area (Å²) in [7, 11) is 0. The lowest BCUT2D eigenvalue weighted by atomic mass is 10.1. The van der Waals surface area contributed by atoms with E-state index in [1.54, 1.807) is 6.92 Å². The second kappa shape index (κ2) is 9.56. The van der Waals surface area contributed by atoms with Gasteiger partial charge in [-0.1, -0.05) is 13.5 Å². The monoisotopic (exact) mass is 320 g/mol. The van der Waals surface area contributed by atoms with Gasteiger partial charge in [-0.15, -0.1) is 0 Å². The lowest BCUT2D eigenvalue weighted by Gasteiger charge is -2.38. The van der Waals surface area contributed by atoms with Crippen LogP contribution in [-0.2, 0) is 4.79 Å². The molecule has 0 saturated carbocycles.